The van der Waals surface area contributed by atoms with E-state index in [9.17, 15) is 9.59 Å². The van der Waals surface area contributed by atoms with Gasteiger partial charge in [-0.3, -0.25) is 9.59 Å². The Hall–Kier alpha value is -1.27. The van der Waals surface area contributed by atoms with Crippen molar-refractivity contribution >= 4 is 28.1 Å². The number of amides is 1. The first-order valence-corrected chi connectivity index (χ1v) is 10.3. The Morgan fingerprint density at radius 3 is 2.30 bits per heavy atom. The average molecular weight is 443 g/mol. The lowest BCUT2D eigenvalue weighted by Crippen LogP contribution is -2.35. The smallest absolute Gasteiger partial charge is 0.209 e. The molecular formula is C21H35BrN2O3. The number of hydrogen-bond donors (Lipinski definition) is 0. The summed E-state index contributed by atoms with van der Waals surface area (Å²) >= 11 is 3.33. The normalized spacial score (nSPS) is 14.4. The lowest BCUT2D eigenvalue weighted by Gasteiger charge is -2.28. The molecule has 1 saturated heterocycles. The van der Waals surface area contributed by atoms with Crippen LogP contribution in [0.5, 0.6) is 0 Å². The number of hydrogen-bond acceptors (Lipinski definition) is 4. The molecule has 27 heavy (non-hydrogen) atoms. The van der Waals surface area contributed by atoms with Crippen LogP contribution in [0, 0.1) is 12.8 Å². The van der Waals surface area contributed by atoms with Crippen molar-refractivity contribution in [1.82, 2.24) is 9.88 Å². The van der Waals surface area contributed by atoms with Crippen molar-refractivity contribution in [2.45, 2.75) is 66.4 Å². The molecule has 2 heterocycles. The number of ketones is 1. The fourth-order valence-corrected chi connectivity index (χ4v) is 2.76. The number of halogens is 1. The molecule has 0 spiro atoms. The third-order valence-corrected chi connectivity index (χ3v) is 4.73. The second kappa shape index (κ2) is 13.0. The highest BCUT2D eigenvalue weighted by molar-refractivity contribution is 9.10. The summed E-state index contributed by atoms with van der Waals surface area (Å²) in [6.07, 6.45) is 4.66. The zero-order valence-electron chi connectivity index (χ0n) is 17.8. The third-order valence-electron chi connectivity index (χ3n) is 4.29. The van der Waals surface area contributed by atoms with Crippen LogP contribution < -0.4 is 0 Å². The largest absolute Gasteiger partial charge is 0.379 e. The summed E-state index contributed by atoms with van der Waals surface area (Å²) in [4.78, 5) is 28.8. The lowest BCUT2D eigenvalue weighted by molar-refractivity contribution is -0.126. The van der Waals surface area contributed by atoms with Crippen molar-refractivity contribution in [3.63, 3.8) is 0 Å². The Kier molecular flexibility index (Phi) is 12.4. The van der Waals surface area contributed by atoms with Gasteiger partial charge in [-0.15, -0.1) is 0 Å². The summed E-state index contributed by atoms with van der Waals surface area (Å²) in [5.74, 6) is 0.356. The molecule has 1 aromatic heterocycles. The van der Waals surface area contributed by atoms with Crippen LogP contribution in [0.4, 0.5) is 0 Å². The number of nitrogens with zero attached hydrogens (tertiary/aromatic N) is 2. The number of likely N-dealkylation sites (tertiary alicyclic amines) is 1. The molecule has 0 bridgehead atoms. The number of aryl methyl sites for hydroxylation is 1. The molecule has 0 N–H and O–H groups in total. The molecule has 0 saturated carbocycles. The maximum Gasteiger partial charge on any atom is 0.209 e. The van der Waals surface area contributed by atoms with E-state index in [4.69, 9.17) is 4.74 Å². The highest BCUT2D eigenvalue weighted by Gasteiger charge is 2.24. The first kappa shape index (κ1) is 25.7. The molecule has 0 aliphatic carbocycles. The molecular weight excluding hydrogens is 408 g/mol. The molecule has 1 aromatic rings. The molecule has 0 atom stereocenters. The third kappa shape index (κ3) is 10.6. The van der Waals surface area contributed by atoms with Crippen molar-refractivity contribution in [3.05, 3.63) is 28.0 Å². The standard InChI is InChI=1S/C14H17BrN2O2.C5H12O.C2H6/c1-10-8-16-14(15)7-12(10)6-13(19)11-2-4-17(9-18)5-3-11;1-5(2,3)6-4;1-2/h7-9,11H,2-6H2,1H3;1-4H3;1-2H3. The van der Waals surface area contributed by atoms with Gasteiger partial charge < -0.3 is 9.64 Å². The number of carbonyl (C=O) groups excluding carboxylic acids is 2. The van der Waals surface area contributed by atoms with Gasteiger partial charge in [0.2, 0.25) is 6.41 Å². The Labute approximate surface area is 173 Å². The van der Waals surface area contributed by atoms with Crippen LogP contribution in [0.15, 0.2) is 16.9 Å². The summed E-state index contributed by atoms with van der Waals surface area (Å²) in [7, 11) is 1.71. The quantitative estimate of drug-likeness (QED) is 0.505. The predicted molar refractivity (Wildman–Crippen MR) is 114 cm³/mol. The maximum atomic E-state index is 12.3. The van der Waals surface area contributed by atoms with Crippen molar-refractivity contribution in [1.29, 1.82) is 0 Å². The number of piperidine rings is 1. The van der Waals surface area contributed by atoms with E-state index in [2.05, 4.69) is 20.9 Å². The zero-order chi connectivity index (χ0) is 21.0. The van der Waals surface area contributed by atoms with Crippen molar-refractivity contribution in [2.75, 3.05) is 20.2 Å². The monoisotopic (exact) mass is 442 g/mol. The summed E-state index contributed by atoms with van der Waals surface area (Å²) in [6, 6.07) is 1.91. The number of rotatable bonds is 4. The first-order valence-electron chi connectivity index (χ1n) is 9.54. The number of Topliss-reactive ketones (excluding diaryl/α,β-unsaturated/α-hetero) is 1. The minimum atomic E-state index is 0.0417. The van der Waals surface area contributed by atoms with Crippen molar-refractivity contribution in [2.24, 2.45) is 5.92 Å². The number of pyridine rings is 1. The Bertz CT molecular complexity index is 577. The average Bonchev–Trinajstić information content (AvgIpc) is 2.66. The summed E-state index contributed by atoms with van der Waals surface area (Å²) in [5, 5.41) is 0. The molecule has 2 rings (SSSR count). The summed E-state index contributed by atoms with van der Waals surface area (Å²) in [6.45, 7) is 13.4. The predicted octanol–water partition coefficient (Wildman–Crippen LogP) is 4.59. The molecule has 5 nitrogen and oxygen atoms in total. The minimum Gasteiger partial charge on any atom is -0.379 e. The molecule has 0 aromatic carbocycles. The Morgan fingerprint density at radius 2 is 1.85 bits per heavy atom. The van der Waals surface area contributed by atoms with Crippen LogP contribution in [-0.2, 0) is 20.7 Å². The van der Waals surface area contributed by atoms with E-state index < -0.39 is 0 Å². The highest BCUT2D eigenvalue weighted by atomic mass is 79.9. The van der Waals surface area contributed by atoms with Crippen molar-refractivity contribution in [3.8, 4) is 0 Å². The molecule has 0 radical (unpaired) electrons. The van der Waals surface area contributed by atoms with E-state index in [0.29, 0.717) is 19.5 Å². The van der Waals surface area contributed by atoms with Gasteiger partial charge in [-0.1, -0.05) is 13.8 Å². The van der Waals surface area contributed by atoms with E-state index in [1.807, 2.05) is 47.6 Å². The molecule has 154 valence electrons. The maximum absolute atomic E-state index is 12.3. The summed E-state index contributed by atoms with van der Waals surface area (Å²) in [5.41, 5.74) is 2.12. The number of ether oxygens (including phenoxy) is 1. The second-order valence-corrected chi connectivity index (χ2v) is 8.12. The number of methoxy groups -OCH3 is 1. The van der Waals surface area contributed by atoms with Crippen LogP contribution in [0.2, 0.25) is 0 Å². The molecule has 1 aliphatic rings. The minimum absolute atomic E-state index is 0.0417. The zero-order valence-corrected chi connectivity index (χ0v) is 19.4. The highest BCUT2D eigenvalue weighted by Crippen LogP contribution is 2.21. The van der Waals surface area contributed by atoms with Gasteiger partial charge in [0, 0.05) is 38.7 Å². The Morgan fingerprint density at radius 1 is 1.33 bits per heavy atom. The van der Waals surface area contributed by atoms with Crippen molar-refractivity contribution < 1.29 is 14.3 Å². The molecule has 1 amide bonds. The van der Waals surface area contributed by atoms with Gasteiger partial charge in [-0.2, -0.15) is 0 Å². The second-order valence-electron chi connectivity index (χ2n) is 7.31. The molecule has 6 heteroatoms. The van der Waals surface area contributed by atoms with E-state index in [-0.39, 0.29) is 17.3 Å². The van der Waals surface area contributed by atoms with Crippen LogP contribution in [0.1, 0.15) is 58.6 Å². The van der Waals surface area contributed by atoms with E-state index >= 15 is 0 Å². The van der Waals surface area contributed by atoms with Crippen LogP contribution in [0.3, 0.4) is 0 Å². The van der Waals surface area contributed by atoms with Crippen LogP contribution in [0.25, 0.3) is 0 Å². The fourth-order valence-electron chi connectivity index (χ4n) is 2.39. The summed E-state index contributed by atoms with van der Waals surface area (Å²) < 4.78 is 5.70. The molecule has 1 aliphatic heterocycles. The first-order chi connectivity index (χ1) is 12.7. The topological polar surface area (TPSA) is 59.5 Å². The van der Waals surface area contributed by atoms with Crippen LogP contribution >= 0.6 is 15.9 Å². The van der Waals surface area contributed by atoms with E-state index in [0.717, 1.165) is 35.0 Å². The van der Waals surface area contributed by atoms with Gasteiger partial charge >= 0.3 is 0 Å². The fraction of sp³-hybridized carbons (Fsp3) is 0.667. The Balaban J connectivity index is 0.000000722. The van der Waals surface area contributed by atoms with Gasteiger partial charge in [0.25, 0.3) is 0 Å². The van der Waals surface area contributed by atoms with Gasteiger partial charge in [-0.05, 0) is 73.7 Å². The van der Waals surface area contributed by atoms with E-state index in [1.54, 1.807) is 18.2 Å². The molecule has 0 unspecified atom stereocenters. The lowest BCUT2D eigenvalue weighted by atomic mass is 9.89. The SMILES string of the molecule is CC.COC(C)(C)C.Cc1cnc(Br)cc1CC(=O)C1CCN(C=O)CC1. The van der Waals surface area contributed by atoms with Crippen LogP contribution in [-0.4, -0.2) is 47.9 Å². The molecule has 1 fully saturated rings. The number of aromatic nitrogens is 1. The van der Waals surface area contributed by atoms with Gasteiger partial charge in [0.05, 0.1) is 5.60 Å². The number of carbonyl (C=O) groups is 2. The van der Waals surface area contributed by atoms with Gasteiger partial charge in [0.15, 0.2) is 0 Å². The van der Waals surface area contributed by atoms with E-state index in [1.165, 1.54) is 0 Å². The van der Waals surface area contributed by atoms with Gasteiger partial charge in [0.1, 0.15) is 10.4 Å². The van der Waals surface area contributed by atoms with Gasteiger partial charge in [-0.25, -0.2) is 4.98 Å².